The zero-order valence-electron chi connectivity index (χ0n) is 13.5. The van der Waals surface area contributed by atoms with Gasteiger partial charge in [-0.25, -0.2) is 0 Å². The van der Waals surface area contributed by atoms with Crippen molar-refractivity contribution in [2.24, 2.45) is 0 Å². The van der Waals surface area contributed by atoms with Gasteiger partial charge in [0.05, 0.1) is 27.9 Å². The van der Waals surface area contributed by atoms with Crippen molar-refractivity contribution in [3.8, 4) is 17.2 Å². The number of hydrogen-bond acceptors (Lipinski definition) is 6. The topological polar surface area (TPSA) is 74.3 Å². The predicted octanol–water partition coefficient (Wildman–Crippen LogP) is 1.35. The molecule has 0 aromatic heterocycles. The molecule has 0 N–H and O–H groups in total. The van der Waals surface area contributed by atoms with Crippen molar-refractivity contribution in [2.45, 2.75) is 6.92 Å². The summed E-state index contributed by atoms with van der Waals surface area (Å²) >= 11 is 0. The lowest BCUT2D eigenvalue weighted by Gasteiger charge is -2.18. The first kappa shape index (κ1) is 17.6. The number of amides is 1. The van der Waals surface area contributed by atoms with Crippen LogP contribution in [0.4, 0.5) is 0 Å². The fourth-order valence-corrected chi connectivity index (χ4v) is 1.90. The van der Waals surface area contributed by atoms with Gasteiger partial charge in [0, 0.05) is 12.6 Å². The number of benzene rings is 1. The molecule has 7 heteroatoms. The molecule has 0 unspecified atom stereocenters. The highest BCUT2D eigenvalue weighted by Gasteiger charge is 2.20. The third-order valence-corrected chi connectivity index (χ3v) is 2.93. The molecular weight excluding hydrogens is 290 g/mol. The fourth-order valence-electron chi connectivity index (χ4n) is 1.90. The molecule has 0 aliphatic carbocycles. The summed E-state index contributed by atoms with van der Waals surface area (Å²) in [6.45, 7) is 1.84. The summed E-state index contributed by atoms with van der Waals surface area (Å²) in [5, 5.41) is 0. The molecule has 1 rings (SSSR count). The quantitative estimate of drug-likeness (QED) is 0.708. The van der Waals surface area contributed by atoms with E-state index >= 15 is 0 Å². The molecule has 0 heterocycles. The Bertz CT molecular complexity index is 518. The maximum atomic E-state index is 12.4. The summed E-state index contributed by atoms with van der Waals surface area (Å²) in [5.74, 6) is 0.317. The molecule has 0 aliphatic rings. The van der Waals surface area contributed by atoms with Gasteiger partial charge in [0.1, 0.15) is 6.54 Å². The van der Waals surface area contributed by atoms with Crippen molar-refractivity contribution in [1.82, 2.24) is 4.90 Å². The largest absolute Gasteiger partial charge is 0.493 e. The van der Waals surface area contributed by atoms with Crippen LogP contribution in [0.1, 0.15) is 17.3 Å². The van der Waals surface area contributed by atoms with Gasteiger partial charge in [0.15, 0.2) is 11.5 Å². The lowest BCUT2D eigenvalue weighted by molar-refractivity contribution is -0.143. The number of carbonyl (C=O) groups excluding carboxylic acids is 2. The van der Waals surface area contributed by atoms with E-state index in [0.717, 1.165) is 0 Å². The Morgan fingerprint density at radius 2 is 1.59 bits per heavy atom. The first-order valence-corrected chi connectivity index (χ1v) is 6.69. The average molecular weight is 311 g/mol. The minimum atomic E-state index is -0.467. The highest BCUT2D eigenvalue weighted by molar-refractivity contribution is 5.97. The first-order chi connectivity index (χ1) is 10.5. The summed E-state index contributed by atoms with van der Waals surface area (Å²) < 4.78 is 20.4. The summed E-state index contributed by atoms with van der Waals surface area (Å²) in [7, 11) is 5.93. The van der Waals surface area contributed by atoms with Crippen LogP contribution in [0.3, 0.4) is 0 Å². The lowest BCUT2D eigenvalue weighted by Crippen LogP contribution is -2.33. The Kier molecular flexibility index (Phi) is 6.49. The first-order valence-electron chi connectivity index (χ1n) is 6.69. The number of esters is 1. The SMILES string of the molecule is CCOC(=O)CN(C)C(=O)c1cc(OC)c(OC)c(OC)c1. The normalized spacial score (nSPS) is 9.86. The van der Waals surface area contributed by atoms with E-state index in [1.54, 1.807) is 6.92 Å². The highest BCUT2D eigenvalue weighted by atomic mass is 16.5. The van der Waals surface area contributed by atoms with Crippen molar-refractivity contribution in [2.75, 3.05) is 41.5 Å². The summed E-state index contributed by atoms with van der Waals surface area (Å²) in [5.41, 5.74) is 0.321. The molecule has 1 amide bonds. The Labute approximate surface area is 129 Å². The van der Waals surface area contributed by atoms with Crippen LogP contribution < -0.4 is 14.2 Å². The van der Waals surface area contributed by atoms with Crippen LogP contribution in [0, 0.1) is 0 Å². The van der Waals surface area contributed by atoms with Gasteiger partial charge in [-0.1, -0.05) is 0 Å². The molecule has 0 spiro atoms. The molecule has 0 fully saturated rings. The molecule has 1 aromatic carbocycles. The Morgan fingerprint density at radius 3 is 2.00 bits per heavy atom. The second kappa shape index (κ2) is 8.11. The molecule has 0 saturated heterocycles. The third-order valence-electron chi connectivity index (χ3n) is 2.93. The van der Waals surface area contributed by atoms with Crippen LogP contribution in [0.5, 0.6) is 17.2 Å². The van der Waals surface area contributed by atoms with Crippen LogP contribution in [-0.2, 0) is 9.53 Å². The molecule has 122 valence electrons. The van der Waals surface area contributed by atoms with Crippen LogP contribution >= 0.6 is 0 Å². The van der Waals surface area contributed by atoms with Gasteiger partial charge >= 0.3 is 5.97 Å². The number of methoxy groups -OCH3 is 3. The molecule has 0 saturated carbocycles. The van der Waals surface area contributed by atoms with Gasteiger partial charge < -0.3 is 23.8 Å². The maximum absolute atomic E-state index is 12.4. The van der Waals surface area contributed by atoms with Crippen LogP contribution in [0.15, 0.2) is 12.1 Å². The van der Waals surface area contributed by atoms with Crippen molar-refractivity contribution < 1.29 is 28.5 Å². The zero-order chi connectivity index (χ0) is 16.7. The van der Waals surface area contributed by atoms with E-state index in [9.17, 15) is 9.59 Å². The van der Waals surface area contributed by atoms with Crippen molar-refractivity contribution in [3.05, 3.63) is 17.7 Å². The minimum Gasteiger partial charge on any atom is -0.493 e. The Hall–Kier alpha value is -2.44. The van der Waals surface area contributed by atoms with Gasteiger partial charge in [-0.2, -0.15) is 0 Å². The summed E-state index contributed by atoms with van der Waals surface area (Å²) in [4.78, 5) is 25.1. The van der Waals surface area contributed by atoms with E-state index in [1.807, 2.05) is 0 Å². The van der Waals surface area contributed by atoms with E-state index in [0.29, 0.717) is 22.8 Å². The van der Waals surface area contributed by atoms with Gasteiger partial charge in [-0.05, 0) is 19.1 Å². The van der Waals surface area contributed by atoms with Crippen LogP contribution in [0.25, 0.3) is 0 Å². The number of ether oxygens (including phenoxy) is 4. The Balaban J connectivity index is 3.05. The number of rotatable bonds is 7. The molecule has 0 aliphatic heterocycles. The van der Waals surface area contributed by atoms with E-state index < -0.39 is 5.97 Å². The molecule has 0 radical (unpaired) electrons. The van der Waals surface area contributed by atoms with Gasteiger partial charge in [-0.15, -0.1) is 0 Å². The van der Waals surface area contributed by atoms with Gasteiger partial charge in [-0.3, -0.25) is 9.59 Å². The lowest BCUT2D eigenvalue weighted by atomic mass is 10.1. The molecular formula is C15H21NO6. The molecule has 7 nitrogen and oxygen atoms in total. The molecule has 22 heavy (non-hydrogen) atoms. The number of carbonyl (C=O) groups is 2. The third kappa shape index (κ3) is 4.03. The van der Waals surface area contributed by atoms with Crippen LogP contribution in [0.2, 0.25) is 0 Å². The summed E-state index contributed by atoms with van der Waals surface area (Å²) in [6, 6.07) is 3.07. The second-order valence-corrected chi connectivity index (χ2v) is 4.38. The number of nitrogens with zero attached hydrogens (tertiary/aromatic N) is 1. The maximum Gasteiger partial charge on any atom is 0.325 e. The Morgan fingerprint density at radius 1 is 1.05 bits per heavy atom. The van der Waals surface area contributed by atoms with Gasteiger partial charge in [0.2, 0.25) is 5.75 Å². The zero-order valence-corrected chi connectivity index (χ0v) is 13.5. The highest BCUT2D eigenvalue weighted by Crippen LogP contribution is 2.38. The van der Waals surface area contributed by atoms with Crippen molar-refractivity contribution >= 4 is 11.9 Å². The molecule has 0 atom stereocenters. The van der Waals surface area contributed by atoms with E-state index in [2.05, 4.69) is 0 Å². The average Bonchev–Trinajstić information content (AvgIpc) is 2.52. The molecule has 0 bridgehead atoms. The fraction of sp³-hybridized carbons (Fsp3) is 0.467. The predicted molar refractivity (Wildman–Crippen MR) is 79.7 cm³/mol. The second-order valence-electron chi connectivity index (χ2n) is 4.38. The number of likely N-dealkylation sites (N-methyl/N-ethyl adjacent to an activating group) is 1. The minimum absolute atomic E-state index is 0.136. The van der Waals surface area contributed by atoms with Gasteiger partial charge in [0.25, 0.3) is 5.91 Å². The van der Waals surface area contributed by atoms with E-state index in [1.165, 1.54) is 45.4 Å². The summed E-state index contributed by atoms with van der Waals surface area (Å²) in [6.07, 6.45) is 0. The van der Waals surface area contributed by atoms with Crippen LogP contribution in [-0.4, -0.2) is 58.3 Å². The van der Waals surface area contributed by atoms with Crippen molar-refractivity contribution in [1.29, 1.82) is 0 Å². The van der Waals surface area contributed by atoms with E-state index in [-0.39, 0.29) is 19.1 Å². The number of hydrogen-bond donors (Lipinski definition) is 0. The standard InChI is InChI=1S/C15H21NO6/c1-6-22-13(17)9-16(2)15(18)10-7-11(19-3)14(21-5)12(8-10)20-4/h7-8H,6,9H2,1-5H3. The van der Waals surface area contributed by atoms with Crippen molar-refractivity contribution in [3.63, 3.8) is 0 Å². The van der Waals surface area contributed by atoms with E-state index in [4.69, 9.17) is 18.9 Å². The molecule has 1 aromatic rings. The smallest absolute Gasteiger partial charge is 0.325 e. The monoisotopic (exact) mass is 311 g/mol.